The van der Waals surface area contributed by atoms with Crippen molar-refractivity contribution in [2.75, 3.05) is 5.75 Å². The van der Waals surface area contributed by atoms with E-state index in [0.717, 1.165) is 11.8 Å². The van der Waals surface area contributed by atoms with Crippen LogP contribution >= 0.6 is 23.3 Å². The van der Waals surface area contributed by atoms with Gasteiger partial charge in [0.25, 0.3) is 0 Å². The lowest BCUT2D eigenvalue weighted by atomic mass is 10.2. The summed E-state index contributed by atoms with van der Waals surface area (Å²) in [5, 5.41) is 8.57. The Balaban J connectivity index is 2.57. The van der Waals surface area contributed by atoms with E-state index in [1.165, 1.54) is 6.92 Å². The van der Waals surface area contributed by atoms with Gasteiger partial charge in [-0.3, -0.25) is 4.79 Å². The molecule has 0 amide bonds. The summed E-state index contributed by atoms with van der Waals surface area (Å²) in [5.41, 5.74) is 0. The molecular formula is C7H7F3N2O2S2. The number of aromatic nitrogens is 2. The molecule has 0 spiro atoms. The second-order valence-corrected chi connectivity index (χ2v) is 4.95. The average molecular weight is 272 g/mol. The van der Waals surface area contributed by atoms with E-state index in [4.69, 9.17) is 5.11 Å². The summed E-state index contributed by atoms with van der Waals surface area (Å²) in [6.45, 7) is 1.47. The Kier molecular flexibility index (Phi) is 4.14. The molecule has 0 saturated heterocycles. The van der Waals surface area contributed by atoms with Crippen LogP contribution in [0.5, 0.6) is 0 Å². The average Bonchev–Trinajstić information content (AvgIpc) is 2.61. The van der Waals surface area contributed by atoms with Crippen LogP contribution in [0.3, 0.4) is 0 Å². The first-order valence-corrected chi connectivity index (χ1v) is 5.83. The van der Waals surface area contributed by atoms with Gasteiger partial charge in [-0.1, -0.05) is 18.7 Å². The van der Waals surface area contributed by atoms with E-state index < -0.39 is 23.9 Å². The van der Waals surface area contributed by atoms with Crippen LogP contribution in [0.1, 0.15) is 12.7 Å². The van der Waals surface area contributed by atoms with E-state index in [9.17, 15) is 18.0 Å². The zero-order valence-electron chi connectivity index (χ0n) is 7.98. The van der Waals surface area contributed by atoms with Gasteiger partial charge in [0.05, 0.1) is 5.92 Å². The summed E-state index contributed by atoms with van der Waals surface area (Å²) in [4.78, 5) is 13.7. The lowest BCUT2D eigenvalue weighted by molar-refractivity contribution is -0.144. The highest BCUT2D eigenvalue weighted by atomic mass is 32.2. The number of alkyl halides is 3. The van der Waals surface area contributed by atoms with E-state index >= 15 is 0 Å². The number of rotatable bonds is 4. The highest BCUT2D eigenvalue weighted by Gasteiger charge is 2.36. The minimum absolute atomic E-state index is 0.125. The molecule has 0 aliphatic heterocycles. The molecule has 0 radical (unpaired) electrons. The molecule has 1 heterocycles. The largest absolute Gasteiger partial charge is 0.481 e. The fourth-order valence-electron chi connectivity index (χ4n) is 0.651. The Bertz CT molecular complexity index is 380. The Hall–Kier alpha value is -0.830. The van der Waals surface area contributed by atoms with Crippen molar-refractivity contribution in [3.63, 3.8) is 0 Å². The number of aliphatic carboxylic acids is 1. The van der Waals surface area contributed by atoms with Gasteiger partial charge in [0, 0.05) is 5.75 Å². The predicted molar refractivity (Wildman–Crippen MR) is 52.4 cm³/mol. The van der Waals surface area contributed by atoms with E-state index in [-0.39, 0.29) is 10.1 Å². The molecule has 1 aromatic heterocycles. The number of nitrogens with zero attached hydrogens (tertiary/aromatic N) is 2. The monoisotopic (exact) mass is 272 g/mol. The number of hydrogen-bond acceptors (Lipinski definition) is 5. The fourth-order valence-corrected chi connectivity index (χ4v) is 2.30. The van der Waals surface area contributed by atoms with Crippen LogP contribution in [0.2, 0.25) is 0 Å². The maximum Gasteiger partial charge on any atom is 0.452 e. The number of carboxylic acids is 1. The molecule has 16 heavy (non-hydrogen) atoms. The Labute approximate surface area is 97.1 Å². The molecule has 90 valence electrons. The summed E-state index contributed by atoms with van der Waals surface area (Å²) in [5.74, 6) is -2.64. The van der Waals surface area contributed by atoms with Crippen LogP contribution in [-0.2, 0) is 11.0 Å². The minimum atomic E-state index is -4.55. The number of carbonyl (C=O) groups is 1. The van der Waals surface area contributed by atoms with Crippen molar-refractivity contribution in [3.05, 3.63) is 5.82 Å². The van der Waals surface area contributed by atoms with Gasteiger partial charge in [0.15, 0.2) is 4.34 Å². The van der Waals surface area contributed by atoms with Crippen LogP contribution in [0, 0.1) is 5.92 Å². The van der Waals surface area contributed by atoms with Crippen molar-refractivity contribution >= 4 is 29.3 Å². The highest BCUT2D eigenvalue weighted by molar-refractivity contribution is 8.00. The maximum atomic E-state index is 12.1. The van der Waals surface area contributed by atoms with Crippen LogP contribution in [-0.4, -0.2) is 26.2 Å². The summed E-state index contributed by atoms with van der Waals surface area (Å²) in [6, 6.07) is 0. The van der Waals surface area contributed by atoms with Gasteiger partial charge in [0.2, 0.25) is 5.82 Å². The third-order valence-electron chi connectivity index (χ3n) is 1.54. The molecule has 1 unspecified atom stereocenters. The van der Waals surface area contributed by atoms with Crippen LogP contribution in [0.25, 0.3) is 0 Å². The first kappa shape index (κ1) is 13.2. The first-order valence-electron chi connectivity index (χ1n) is 4.07. The summed E-state index contributed by atoms with van der Waals surface area (Å²) in [6.07, 6.45) is -4.55. The predicted octanol–water partition coefficient (Wildman–Crippen LogP) is 2.37. The summed E-state index contributed by atoms with van der Waals surface area (Å²) < 4.78 is 39.6. The third-order valence-corrected chi connectivity index (χ3v) is 3.63. The van der Waals surface area contributed by atoms with Crippen molar-refractivity contribution < 1.29 is 23.1 Å². The molecule has 0 bridgehead atoms. The molecule has 4 nitrogen and oxygen atoms in total. The molecule has 9 heteroatoms. The molecule has 0 fully saturated rings. The van der Waals surface area contributed by atoms with Gasteiger partial charge in [-0.05, 0) is 11.5 Å². The maximum absolute atomic E-state index is 12.1. The fraction of sp³-hybridized carbons (Fsp3) is 0.571. The van der Waals surface area contributed by atoms with Crippen molar-refractivity contribution in [2.24, 2.45) is 5.92 Å². The first-order chi connectivity index (χ1) is 7.30. The van der Waals surface area contributed by atoms with Gasteiger partial charge in [0.1, 0.15) is 0 Å². The molecule has 1 N–H and O–H groups in total. The van der Waals surface area contributed by atoms with Crippen LogP contribution < -0.4 is 0 Å². The van der Waals surface area contributed by atoms with Crippen molar-refractivity contribution in [1.82, 2.24) is 9.36 Å². The second kappa shape index (κ2) is 5.00. The number of thioether (sulfide) groups is 1. The molecule has 0 aliphatic carbocycles. The van der Waals surface area contributed by atoms with Crippen molar-refractivity contribution in [3.8, 4) is 0 Å². The third kappa shape index (κ3) is 3.63. The van der Waals surface area contributed by atoms with E-state index in [2.05, 4.69) is 9.36 Å². The van der Waals surface area contributed by atoms with Gasteiger partial charge in [-0.2, -0.15) is 17.5 Å². The zero-order chi connectivity index (χ0) is 12.3. The van der Waals surface area contributed by atoms with Crippen molar-refractivity contribution in [2.45, 2.75) is 17.4 Å². The second-order valence-electron chi connectivity index (χ2n) is 2.93. The van der Waals surface area contributed by atoms with Gasteiger partial charge < -0.3 is 5.11 Å². The standard InChI is InChI=1S/C7H7F3N2O2S2/c1-3(4(13)14)2-15-6-11-5(12-16-6)7(8,9)10/h3H,2H2,1H3,(H,13,14). The van der Waals surface area contributed by atoms with Crippen LogP contribution in [0.4, 0.5) is 13.2 Å². The molecule has 0 saturated carbocycles. The highest BCUT2D eigenvalue weighted by Crippen LogP contribution is 2.31. The number of halogens is 3. The Morgan fingerprint density at radius 1 is 1.62 bits per heavy atom. The van der Waals surface area contributed by atoms with E-state index in [1.807, 2.05) is 0 Å². The Morgan fingerprint density at radius 2 is 2.25 bits per heavy atom. The normalized spacial score (nSPS) is 13.8. The molecule has 0 aliphatic rings. The number of carboxylic acid groups (broad SMARTS) is 1. The lowest BCUT2D eigenvalue weighted by Gasteiger charge is -2.02. The summed E-state index contributed by atoms with van der Waals surface area (Å²) >= 11 is 1.58. The molecule has 1 aromatic rings. The molecular weight excluding hydrogens is 265 g/mol. The Morgan fingerprint density at radius 3 is 2.69 bits per heavy atom. The van der Waals surface area contributed by atoms with E-state index in [0.29, 0.717) is 11.5 Å². The van der Waals surface area contributed by atoms with Crippen LogP contribution in [0.15, 0.2) is 4.34 Å². The van der Waals surface area contributed by atoms with Crippen molar-refractivity contribution in [1.29, 1.82) is 0 Å². The van der Waals surface area contributed by atoms with Gasteiger partial charge >= 0.3 is 12.1 Å². The SMILES string of the molecule is CC(CSc1nc(C(F)(F)F)ns1)C(=O)O. The minimum Gasteiger partial charge on any atom is -0.481 e. The quantitative estimate of drug-likeness (QED) is 0.852. The lowest BCUT2D eigenvalue weighted by Crippen LogP contribution is -2.11. The smallest absolute Gasteiger partial charge is 0.452 e. The molecule has 1 rings (SSSR count). The topological polar surface area (TPSA) is 63.1 Å². The zero-order valence-corrected chi connectivity index (χ0v) is 9.62. The van der Waals surface area contributed by atoms with Gasteiger partial charge in [-0.15, -0.1) is 0 Å². The molecule has 1 atom stereocenters. The molecule has 0 aromatic carbocycles. The summed E-state index contributed by atoms with van der Waals surface area (Å²) in [7, 11) is 0. The van der Waals surface area contributed by atoms with Gasteiger partial charge in [-0.25, -0.2) is 4.98 Å². The number of hydrogen-bond donors (Lipinski definition) is 1. The van der Waals surface area contributed by atoms with E-state index in [1.54, 1.807) is 0 Å².